The first kappa shape index (κ1) is 16.2. The molecule has 0 aliphatic carbocycles. The standard InChI is InChI=1S/C22H19NO3/c1-13-4-5-17-12-20(26-21(17)14(13)2)19-11-10-18(23-19)15-6-8-16(9-7-15)22(24)25-3/h4-12,23H,1-3H3. The van der Waals surface area contributed by atoms with Gasteiger partial charge in [-0.25, -0.2) is 4.79 Å². The van der Waals surface area contributed by atoms with E-state index in [1.165, 1.54) is 18.2 Å². The molecule has 0 unspecified atom stereocenters. The summed E-state index contributed by atoms with van der Waals surface area (Å²) in [5.74, 6) is 0.475. The van der Waals surface area contributed by atoms with Crippen LogP contribution >= 0.6 is 0 Å². The van der Waals surface area contributed by atoms with E-state index < -0.39 is 0 Å². The molecule has 26 heavy (non-hydrogen) atoms. The van der Waals surface area contributed by atoms with Gasteiger partial charge in [0.2, 0.25) is 0 Å². The molecule has 4 nitrogen and oxygen atoms in total. The summed E-state index contributed by atoms with van der Waals surface area (Å²) in [6.45, 7) is 4.16. The second-order valence-electron chi connectivity index (χ2n) is 6.39. The number of carbonyl (C=O) groups excluding carboxylic acids is 1. The molecule has 4 rings (SSSR count). The Hall–Kier alpha value is -3.27. The molecule has 0 atom stereocenters. The first-order valence-electron chi connectivity index (χ1n) is 8.44. The van der Waals surface area contributed by atoms with Crippen molar-refractivity contribution in [3.05, 3.63) is 71.3 Å². The number of benzene rings is 2. The minimum atomic E-state index is -0.336. The normalized spacial score (nSPS) is 11.0. The van der Waals surface area contributed by atoms with Crippen molar-refractivity contribution in [2.75, 3.05) is 7.11 Å². The van der Waals surface area contributed by atoms with Crippen molar-refractivity contribution in [2.24, 2.45) is 0 Å². The summed E-state index contributed by atoms with van der Waals surface area (Å²) in [5.41, 5.74) is 6.72. The third-order valence-electron chi connectivity index (χ3n) is 4.77. The number of hydrogen-bond acceptors (Lipinski definition) is 3. The largest absolute Gasteiger partial charge is 0.465 e. The molecule has 2 aromatic heterocycles. The quantitative estimate of drug-likeness (QED) is 0.499. The van der Waals surface area contributed by atoms with Crippen LogP contribution in [0.3, 0.4) is 0 Å². The van der Waals surface area contributed by atoms with Crippen LogP contribution in [0.2, 0.25) is 0 Å². The number of methoxy groups -OCH3 is 1. The average Bonchev–Trinajstić information content (AvgIpc) is 3.31. The maximum absolute atomic E-state index is 11.5. The Labute approximate surface area is 151 Å². The van der Waals surface area contributed by atoms with Crippen molar-refractivity contribution >= 4 is 16.9 Å². The van der Waals surface area contributed by atoms with Gasteiger partial charge >= 0.3 is 5.97 Å². The summed E-state index contributed by atoms with van der Waals surface area (Å²) in [6, 6.07) is 17.6. The van der Waals surface area contributed by atoms with Crippen molar-refractivity contribution in [2.45, 2.75) is 13.8 Å². The summed E-state index contributed by atoms with van der Waals surface area (Å²) in [6.07, 6.45) is 0. The van der Waals surface area contributed by atoms with Crippen LogP contribution in [0.4, 0.5) is 0 Å². The van der Waals surface area contributed by atoms with Gasteiger partial charge in [0, 0.05) is 11.1 Å². The van der Waals surface area contributed by atoms with Gasteiger partial charge in [-0.3, -0.25) is 0 Å². The molecule has 0 saturated heterocycles. The molecular formula is C22H19NO3. The van der Waals surface area contributed by atoms with Gasteiger partial charge in [-0.05, 0) is 60.9 Å². The number of rotatable bonds is 3. The number of aromatic amines is 1. The Morgan fingerprint density at radius 1 is 0.962 bits per heavy atom. The molecule has 0 aliphatic heterocycles. The number of esters is 1. The number of aryl methyl sites for hydroxylation is 2. The van der Waals surface area contributed by atoms with E-state index in [1.807, 2.05) is 24.3 Å². The predicted octanol–water partition coefficient (Wildman–Crippen LogP) is 5.50. The van der Waals surface area contributed by atoms with Crippen molar-refractivity contribution < 1.29 is 13.9 Å². The van der Waals surface area contributed by atoms with Gasteiger partial charge in [0.05, 0.1) is 18.4 Å². The minimum absolute atomic E-state index is 0.336. The van der Waals surface area contributed by atoms with E-state index in [9.17, 15) is 4.79 Å². The summed E-state index contributed by atoms with van der Waals surface area (Å²) in [4.78, 5) is 14.9. The van der Waals surface area contributed by atoms with Gasteiger partial charge in [0.25, 0.3) is 0 Å². The maximum Gasteiger partial charge on any atom is 0.337 e. The Morgan fingerprint density at radius 3 is 2.42 bits per heavy atom. The van der Waals surface area contributed by atoms with E-state index in [4.69, 9.17) is 9.15 Å². The second kappa shape index (κ2) is 6.23. The Bertz CT molecular complexity index is 1100. The Balaban J connectivity index is 1.68. The molecule has 0 bridgehead atoms. The van der Waals surface area contributed by atoms with E-state index in [-0.39, 0.29) is 5.97 Å². The number of furan rings is 1. The van der Waals surface area contributed by atoms with Gasteiger partial charge in [-0.2, -0.15) is 0 Å². The summed E-state index contributed by atoms with van der Waals surface area (Å²) in [7, 11) is 1.38. The van der Waals surface area contributed by atoms with E-state index in [2.05, 4.69) is 37.0 Å². The number of H-pyrrole nitrogens is 1. The van der Waals surface area contributed by atoms with Crippen molar-refractivity contribution in [3.63, 3.8) is 0 Å². The van der Waals surface area contributed by atoms with Gasteiger partial charge in [0.15, 0.2) is 5.76 Å². The zero-order valence-electron chi connectivity index (χ0n) is 14.9. The lowest BCUT2D eigenvalue weighted by atomic mass is 10.1. The highest BCUT2D eigenvalue weighted by Crippen LogP contribution is 2.32. The molecule has 4 aromatic rings. The van der Waals surface area contributed by atoms with Crippen molar-refractivity contribution in [3.8, 4) is 22.7 Å². The van der Waals surface area contributed by atoms with Gasteiger partial charge in [-0.15, -0.1) is 0 Å². The fourth-order valence-corrected chi connectivity index (χ4v) is 3.08. The van der Waals surface area contributed by atoms with Crippen LogP contribution < -0.4 is 0 Å². The summed E-state index contributed by atoms with van der Waals surface area (Å²) < 4.78 is 10.8. The number of nitrogens with one attached hydrogen (secondary N) is 1. The number of aromatic nitrogens is 1. The monoisotopic (exact) mass is 345 g/mol. The SMILES string of the molecule is COC(=O)c1ccc(-c2ccc(-c3cc4ccc(C)c(C)c4o3)[nH]2)cc1. The lowest BCUT2D eigenvalue weighted by Gasteiger charge is -2.01. The summed E-state index contributed by atoms with van der Waals surface area (Å²) in [5, 5.41) is 1.10. The van der Waals surface area contributed by atoms with Crippen molar-refractivity contribution in [1.29, 1.82) is 0 Å². The molecule has 0 amide bonds. The molecular weight excluding hydrogens is 326 g/mol. The maximum atomic E-state index is 11.5. The first-order chi connectivity index (χ1) is 12.6. The van der Waals surface area contributed by atoms with E-state index >= 15 is 0 Å². The topological polar surface area (TPSA) is 55.2 Å². The molecule has 130 valence electrons. The Kier molecular flexibility index (Phi) is 3.88. The molecule has 0 fully saturated rings. The molecule has 0 aliphatic rings. The third-order valence-corrected chi connectivity index (χ3v) is 4.77. The van der Waals surface area contributed by atoms with Gasteiger partial charge in [-0.1, -0.05) is 24.3 Å². The molecule has 1 N–H and O–H groups in total. The van der Waals surface area contributed by atoms with Crippen LogP contribution in [0.15, 0.2) is 59.0 Å². The molecule has 2 aromatic carbocycles. The zero-order chi connectivity index (χ0) is 18.3. The number of carbonyl (C=O) groups is 1. The fourth-order valence-electron chi connectivity index (χ4n) is 3.08. The first-order valence-corrected chi connectivity index (χ1v) is 8.44. The predicted molar refractivity (Wildman–Crippen MR) is 102 cm³/mol. The van der Waals surface area contributed by atoms with E-state index in [0.717, 1.165) is 33.7 Å². The fraction of sp³-hybridized carbons (Fsp3) is 0.136. The van der Waals surface area contributed by atoms with Gasteiger partial charge in [0.1, 0.15) is 5.58 Å². The highest BCUT2D eigenvalue weighted by atomic mass is 16.5. The number of ether oxygens (including phenoxy) is 1. The molecule has 4 heteroatoms. The lowest BCUT2D eigenvalue weighted by Crippen LogP contribution is -2.00. The minimum Gasteiger partial charge on any atom is -0.465 e. The van der Waals surface area contributed by atoms with Crippen molar-refractivity contribution in [1.82, 2.24) is 4.98 Å². The van der Waals surface area contributed by atoms with Crippen LogP contribution in [0.5, 0.6) is 0 Å². The van der Waals surface area contributed by atoms with E-state index in [0.29, 0.717) is 5.56 Å². The van der Waals surface area contributed by atoms with Gasteiger partial charge < -0.3 is 14.1 Å². The third kappa shape index (κ3) is 2.69. The Morgan fingerprint density at radius 2 is 1.69 bits per heavy atom. The number of hydrogen-bond donors (Lipinski definition) is 1. The summed E-state index contributed by atoms with van der Waals surface area (Å²) >= 11 is 0. The van der Waals surface area contributed by atoms with Crippen LogP contribution in [0, 0.1) is 13.8 Å². The van der Waals surface area contributed by atoms with Crippen LogP contribution in [0.25, 0.3) is 33.7 Å². The zero-order valence-corrected chi connectivity index (χ0v) is 14.9. The van der Waals surface area contributed by atoms with E-state index in [1.54, 1.807) is 12.1 Å². The van der Waals surface area contributed by atoms with Crippen LogP contribution in [0.1, 0.15) is 21.5 Å². The molecule has 0 saturated carbocycles. The smallest absolute Gasteiger partial charge is 0.337 e. The molecule has 0 radical (unpaired) electrons. The number of fused-ring (bicyclic) bond motifs is 1. The highest BCUT2D eigenvalue weighted by molar-refractivity contribution is 5.90. The molecule has 0 spiro atoms. The van der Waals surface area contributed by atoms with Crippen LogP contribution in [-0.4, -0.2) is 18.1 Å². The average molecular weight is 345 g/mol. The molecule has 2 heterocycles. The second-order valence-corrected chi connectivity index (χ2v) is 6.39. The van der Waals surface area contributed by atoms with Crippen LogP contribution in [-0.2, 0) is 4.74 Å². The lowest BCUT2D eigenvalue weighted by molar-refractivity contribution is 0.0601. The highest BCUT2D eigenvalue weighted by Gasteiger charge is 2.12.